The van der Waals surface area contributed by atoms with E-state index in [-0.39, 0.29) is 5.54 Å². The highest BCUT2D eigenvalue weighted by molar-refractivity contribution is 6.30. The van der Waals surface area contributed by atoms with Crippen LogP contribution in [0.3, 0.4) is 0 Å². The van der Waals surface area contributed by atoms with E-state index in [0.717, 1.165) is 30.0 Å². The highest BCUT2D eigenvalue weighted by Gasteiger charge is 2.27. The molecule has 1 aromatic heterocycles. The van der Waals surface area contributed by atoms with Crippen molar-refractivity contribution in [2.75, 3.05) is 5.32 Å². The topological polar surface area (TPSA) is 37.8 Å². The predicted octanol–water partition coefficient (Wildman–Crippen LogP) is 4.53. The molecule has 1 N–H and O–H groups in total. The lowest BCUT2D eigenvalue weighted by molar-refractivity contribution is 0.348. The summed E-state index contributed by atoms with van der Waals surface area (Å²) in [6, 6.07) is 0. The zero-order valence-electron chi connectivity index (χ0n) is 12.2. The Morgan fingerprint density at radius 3 is 2.53 bits per heavy atom. The van der Waals surface area contributed by atoms with E-state index in [2.05, 4.69) is 29.1 Å². The largest absolute Gasteiger partial charge is 0.365 e. The van der Waals surface area contributed by atoms with Crippen LogP contribution in [-0.2, 0) is 6.42 Å². The summed E-state index contributed by atoms with van der Waals surface area (Å²) in [6.45, 7) is 6.42. The maximum absolute atomic E-state index is 6.23. The Morgan fingerprint density at radius 2 is 1.89 bits per heavy atom. The minimum Gasteiger partial charge on any atom is -0.365 e. The van der Waals surface area contributed by atoms with Gasteiger partial charge in [0.2, 0.25) is 0 Å². The second kappa shape index (κ2) is 6.08. The molecule has 0 amide bonds. The minimum absolute atomic E-state index is 0.157. The second-order valence-corrected chi connectivity index (χ2v) is 6.26. The third-order valence-corrected chi connectivity index (χ3v) is 4.35. The second-order valence-electron chi connectivity index (χ2n) is 5.90. The first-order chi connectivity index (χ1) is 9.04. The number of hydrogen-bond acceptors (Lipinski definition) is 3. The lowest BCUT2D eigenvalue weighted by atomic mass is 9.83. The molecule has 3 nitrogen and oxygen atoms in total. The Kier molecular flexibility index (Phi) is 4.67. The van der Waals surface area contributed by atoms with E-state index in [4.69, 9.17) is 11.6 Å². The molecule has 19 heavy (non-hydrogen) atoms. The van der Waals surface area contributed by atoms with E-state index in [0.29, 0.717) is 5.15 Å². The summed E-state index contributed by atoms with van der Waals surface area (Å²) in [5, 5.41) is 4.21. The Bertz CT molecular complexity index is 439. The maximum Gasteiger partial charge on any atom is 0.137 e. The summed E-state index contributed by atoms with van der Waals surface area (Å²) in [6.07, 6.45) is 8.27. The first-order valence-corrected chi connectivity index (χ1v) is 7.73. The summed E-state index contributed by atoms with van der Waals surface area (Å²) in [4.78, 5) is 9.01. The smallest absolute Gasteiger partial charge is 0.137 e. The van der Waals surface area contributed by atoms with E-state index < -0.39 is 0 Å². The first kappa shape index (κ1) is 14.6. The van der Waals surface area contributed by atoms with Crippen molar-refractivity contribution in [3.63, 3.8) is 0 Å². The van der Waals surface area contributed by atoms with E-state index >= 15 is 0 Å². The van der Waals surface area contributed by atoms with Crippen molar-refractivity contribution < 1.29 is 0 Å². The molecule has 106 valence electrons. The van der Waals surface area contributed by atoms with Crippen LogP contribution in [0.25, 0.3) is 0 Å². The van der Waals surface area contributed by atoms with Crippen molar-refractivity contribution in [2.24, 2.45) is 0 Å². The van der Waals surface area contributed by atoms with Crippen LogP contribution in [-0.4, -0.2) is 15.5 Å². The number of rotatable bonds is 4. The Morgan fingerprint density at radius 1 is 1.21 bits per heavy atom. The summed E-state index contributed by atoms with van der Waals surface area (Å²) < 4.78 is 0. The molecule has 1 heterocycles. The van der Waals surface area contributed by atoms with Gasteiger partial charge in [-0.15, -0.1) is 0 Å². The van der Waals surface area contributed by atoms with Crippen molar-refractivity contribution in [1.82, 2.24) is 9.97 Å². The van der Waals surface area contributed by atoms with Crippen molar-refractivity contribution >= 4 is 17.4 Å². The monoisotopic (exact) mass is 281 g/mol. The zero-order chi connectivity index (χ0) is 13.9. The van der Waals surface area contributed by atoms with E-state index in [9.17, 15) is 0 Å². The molecule has 0 spiro atoms. The van der Waals surface area contributed by atoms with Crippen molar-refractivity contribution in [1.29, 1.82) is 0 Å². The van der Waals surface area contributed by atoms with Crippen LogP contribution in [0.1, 0.15) is 63.8 Å². The zero-order valence-corrected chi connectivity index (χ0v) is 13.0. The van der Waals surface area contributed by atoms with Crippen LogP contribution >= 0.6 is 11.6 Å². The highest BCUT2D eigenvalue weighted by atomic mass is 35.5. The fraction of sp³-hybridized carbons (Fsp3) is 0.733. The lowest BCUT2D eigenvalue weighted by Crippen LogP contribution is -2.37. The number of aromatic nitrogens is 2. The van der Waals surface area contributed by atoms with Gasteiger partial charge in [-0.3, -0.25) is 0 Å². The van der Waals surface area contributed by atoms with Gasteiger partial charge in [0.1, 0.15) is 16.8 Å². The molecule has 1 fully saturated rings. The van der Waals surface area contributed by atoms with Crippen LogP contribution in [0.2, 0.25) is 5.15 Å². The molecule has 0 radical (unpaired) electrons. The maximum atomic E-state index is 6.23. The standard InChI is InChI=1S/C15H24ClN3/c1-4-8-12-17-13(16)11(2)14(18-12)19-15(3)9-6-5-7-10-15/h4-10H2,1-3H3,(H,17,18,19). The number of nitrogens with zero attached hydrogens (tertiary/aromatic N) is 2. The van der Waals surface area contributed by atoms with Gasteiger partial charge in [0.15, 0.2) is 0 Å². The van der Waals surface area contributed by atoms with Gasteiger partial charge in [-0.05, 0) is 33.1 Å². The minimum atomic E-state index is 0.157. The number of nitrogens with one attached hydrogen (secondary N) is 1. The average molecular weight is 282 g/mol. The van der Waals surface area contributed by atoms with Crippen LogP contribution in [0.15, 0.2) is 0 Å². The van der Waals surface area contributed by atoms with Gasteiger partial charge < -0.3 is 5.32 Å². The summed E-state index contributed by atoms with van der Waals surface area (Å²) in [7, 11) is 0. The van der Waals surface area contributed by atoms with Crippen LogP contribution in [0, 0.1) is 6.92 Å². The lowest BCUT2D eigenvalue weighted by Gasteiger charge is -2.35. The van der Waals surface area contributed by atoms with Gasteiger partial charge in [-0.1, -0.05) is 37.8 Å². The number of halogens is 1. The SMILES string of the molecule is CCCc1nc(Cl)c(C)c(NC2(C)CCCCC2)n1. The molecule has 2 rings (SSSR count). The third-order valence-electron chi connectivity index (χ3n) is 3.98. The predicted molar refractivity (Wildman–Crippen MR) is 80.9 cm³/mol. The summed E-state index contributed by atoms with van der Waals surface area (Å²) in [5.41, 5.74) is 1.12. The molecular formula is C15H24ClN3. The third kappa shape index (κ3) is 3.59. The molecule has 0 saturated heterocycles. The summed E-state index contributed by atoms with van der Waals surface area (Å²) >= 11 is 6.23. The van der Waals surface area contributed by atoms with Gasteiger partial charge in [-0.25, -0.2) is 9.97 Å². The highest BCUT2D eigenvalue weighted by Crippen LogP contribution is 2.32. The molecule has 0 atom stereocenters. The first-order valence-electron chi connectivity index (χ1n) is 7.35. The molecule has 1 aliphatic rings. The van der Waals surface area contributed by atoms with Gasteiger partial charge in [0.05, 0.1) is 0 Å². The van der Waals surface area contributed by atoms with Crippen molar-refractivity contribution in [2.45, 2.75) is 71.3 Å². The fourth-order valence-corrected chi connectivity index (χ4v) is 2.92. The van der Waals surface area contributed by atoms with Crippen molar-refractivity contribution in [3.8, 4) is 0 Å². The van der Waals surface area contributed by atoms with Crippen LogP contribution in [0.5, 0.6) is 0 Å². The molecule has 0 unspecified atom stereocenters. The average Bonchev–Trinajstić information content (AvgIpc) is 2.36. The normalized spacial score (nSPS) is 18.3. The van der Waals surface area contributed by atoms with Crippen molar-refractivity contribution in [3.05, 3.63) is 16.5 Å². The molecule has 0 aliphatic heterocycles. The Hall–Kier alpha value is -0.830. The van der Waals surface area contributed by atoms with Gasteiger partial charge in [0, 0.05) is 17.5 Å². The molecule has 1 aromatic rings. The van der Waals surface area contributed by atoms with Gasteiger partial charge >= 0.3 is 0 Å². The Labute approximate surface area is 121 Å². The Balaban J connectivity index is 2.22. The van der Waals surface area contributed by atoms with E-state index in [1.807, 2.05) is 6.92 Å². The molecule has 1 saturated carbocycles. The molecule has 0 bridgehead atoms. The van der Waals surface area contributed by atoms with Crippen LogP contribution < -0.4 is 5.32 Å². The number of aryl methyl sites for hydroxylation is 1. The van der Waals surface area contributed by atoms with Gasteiger partial charge in [0.25, 0.3) is 0 Å². The van der Waals surface area contributed by atoms with E-state index in [1.165, 1.54) is 32.1 Å². The molecular weight excluding hydrogens is 258 g/mol. The fourth-order valence-electron chi connectivity index (χ4n) is 2.73. The van der Waals surface area contributed by atoms with E-state index in [1.54, 1.807) is 0 Å². The van der Waals surface area contributed by atoms with Gasteiger partial charge in [-0.2, -0.15) is 0 Å². The summed E-state index contributed by atoms with van der Waals surface area (Å²) in [5.74, 6) is 1.77. The molecule has 1 aliphatic carbocycles. The van der Waals surface area contributed by atoms with Crippen LogP contribution in [0.4, 0.5) is 5.82 Å². The quantitative estimate of drug-likeness (QED) is 0.824. The number of anilines is 1. The molecule has 4 heteroatoms. The molecule has 0 aromatic carbocycles. The number of hydrogen-bond donors (Lipinski definition) is 1.